The molecule has 0 radical (unpaired) electrons. The van der Waals surface area contributed by atoms with E-state index in [1.54, 1.807) is 37.5 Å². The molecule has 0 saturated carbocycles. The summed E-state index contributed by atoms with van der Waals surface area (Å²) in [6.45, 7) is 0.285. The van der Waals surface area contributed by atoms with Crippen molar-refractivity contribution in [3.8, 4) is 22.8 Å². The number of hydrogen-bond donors (Lipinski definition) is 3. The Morgan fingerprint density at radius 3 is 2.50 bits per heavy atom. The zero-order valence-corrected chi connectivity index (χ0v) is 18.1. The summed E-state index contributed by atoms with van der Waals surface area (Å²) in [5.41, 5.74) is 0.847. The zero-order chi connectivity index (χ0) is 23.7. The first kappa shape index (κ1) is 21.6. The summed E-state index contributed by atoms with van der Waals surface area (Å²) >= 11 is 0. The molecule has 12 heteroatoms. The SMILES string of the molecule is CN1CC[C@@](O)(c2cc(-c3cccc(-c4ccnc(Nc5ncc(CO)cn5)n4)n3)no2)C1=O. The summed E-state index contributed by atoms with van der Waals surface area (Å²) < 4.78 is 5.32. The van der Waals surface area contributed by atoms with E-state index >= 15 is 0 Å². The van der Waals surface area contributed by atoms with E-state index in [1.807, 2.05) is 0 Å². The van der Waals surface area contributed by atoms with E-state index in [-0.39, 0.29) is 30.7 Å². The van der Waals surface area contributed by atoms with Crippen LogP contribution in [0.25, 0.3) is 22.8 Å². The quantitative estimate of drug-likeness (QED) is 0.379. The number of likely N-dealkylation sites (tertiary alicyclic amines) is 1. The molecule has 0 bridgehead atoms. The van der Waals surface area contributed by atoms with Crippen LogP contribution in [0.1, 0.15) is 17.7 Å². The van der Waals surface area contributed by atoms with Crippen LogP contribution >= 0.6 is 0 Å². The van der Waals surface area contributed by atoms with Crippen LogP contribution < -0.4 is 5.32 Å². The molecule has 0 unspecified atom stereocenters. The number of aliphatic hydroxyl groups excluding tert-OH is 1. The first-order chi connectivity index (χ1) is 16.5. The molecule has 0 aliphatic carbocycles. The van der Waals surface area contributed by atoms with Gasteiger partial charge in [0.25, 0.3) is 5.91 Å². The zero-order valence-electron chi connectivity index (χ0n) is 18.1. The van der Waals surface area contributed by atoms with Gasteiger partial charge in [-0.2, -0.15) is 0 Å². The van der Waals surface area contributed by atoms with Crippen LogP contribution in [0.15, 0.2) is 53.4 Å². The van der Waals surface area contributed by atoms with Crippen LogP contribution in [0.2, 0.25) is 0 Å². The molecule has 5 heterocycles. The van der Waals surface area contributed by atoms with E-state index < -0.39 is 11.5 Å². The maximum absolute atomic E-state index is 12.3. The van der Waals surface area contributed by atoms with E-state index in [0.29, 0.717) is 34.9 Å². The van der Waals surface area contributed by atoms with Crippen molar-refractivity contribution in [2.45, 2.75) is 18.6 Å². The van der Waals surface area contributed by atoms with Gasteiger partial charge in [0, 0.05) is 50.2 Å². The summed E-state index contributed by atoms with van der Waals surface area (Å²) in [5.74, 6) is 0.227. The minimum atomic E-state index is -1.72. The average molecular weight is 460 g/mol. The van der Waals surface area contributed by atoms with Crippen LogP contribution in [-0.2, 0) is 17.0 Å². The van der Waals surface area contributed by atoms with Gasteiger partial charge in [-0.1, -0.05) is 11.2 Å². The van der Waals surface area contributed by atoms with Gasteiger partial charge in [0.15, 0.2) is 5.76 Å². The van der Waals surface area contributed by atoms with Crippen LogP contribution in [-0.4, -0.2) is 64.7 Å². The number of likely N-dealkylation sites (N-methyl/N-ethyl adjacent to an activating group) is 1. The number of aliphatic hydroxyl groups is 2. The summed E-state index contributed by atoms with van der Waals surface area (Å²) in [4.78, 5) is 35.3. The number of carbonyl (C=O) groups is 1. The average Bonchev–Trinajstić information content (AvgIpc) is 3.47. The molecule has 1 aliphatic heterocycles. The number of amides is 1. The Morgan fingerprint density at radius 1 is 1.06 bits per heavy atom. The Morgan fingerprint density at radius 2 is 1.79 bits per heavy atom. The lowest BCUT2D eigenvalue weighted by Crippen LogP contribution is -2.35. The standard InChI is InChI=1S/C22H20N8O4/c1-30-8-6-22(33,19(30)32)18-9-17(29-34-18)15-4-2-3-14(26-15)16-5-7-23-21(27-16)28-20-24-10-13(12-31)11-25-20/h2-5,7,9-11,31,33H,6,8,12H2,1H3,(H,23,24,25,27,28)/t22-/m1/s1. The number of aromatic nitrogens is 6. The van der Waals surface area contributed by atoms with E-state index in [9.17, 15) is 9.90 Å². The Balaban J connectivity index is 1.39. The Kier molecular flexibility index (Phi) is 5.43. The molecule has 0 aromatic carbocycles. The normalized spacial score (nSPS) is 17.9. The van der Waals surface area contributed by atoms with Crippen molar-refractivity contribution in [3.05, 3.63) is 60.2 Å². The Hall–Kier alpha value is -4.29. The molecule has 1 atom stereocenters. The second-order valence-corrected chi connectivity index (χ2v) is 7.78. The maximum Gasteiger partial charge on any atom is 0.262 e. The summed E-state index contributed by atoms with van der Waals surface area (Å²) in [5, 5.41) is 26.8. The molecule has 1 amide bonds. The lowest BCUT2D eigenvalue weighted by atomic mass is 9.98. The molecular weight excluding hydrogens is 440 g/mol. The summed E-state index contributed by atoms with van der Waals surface area (Å²) in [6, 6.07) is 8.56. The van der Waals surface area contributed by atoms with Crippen molar-refractivity contribution in [1.82, 2.24) is 35.0 Å². The van der Waals surface area contributed by atoms with Gasteiger partial charge in [-0.3, -0.25) is 10.1 Å². The minimum absolute atomic E-state index is 0.0878. The van der Waals surface area contributed by atoms with Gasteiger partial charge in [-0.15, -0.1) is 0 Å². The topological polar surface area (TPSA) is 163 Å². The molecule has 1 aliphatic rings. The summed E-state index contributed by atoms with van der Waals surface area (Å²) in [6.07, 6.45) is 4.81. The van der Waals surface area contributed by atoms with Gasteiger partial charge in [-0.25, -0.2) is 24.9 Å². The Labute approximate surface area is 193 Å². The minimum Gasteiger partial charge on any atom is -0.392 e. The lowest BCUT2D eigenvalue weighted by molar-refractivity contribution is -0.144. The van der Waals surface area contributed by atoms with Gasteiger partial charge in [0.1, 0.15) is 5.69 Å². The molecule has 4 aromatic heterocycles. The third kappa shape index (κ3) is 3.95. The molecule has 3 N–H and O–H groups in total. The van der Waals surface area contributed by atoms with E-state index in [4.69, 9.17) is 9.63 Å². The molecule has 34 heavy (non-hydrogen) atoms. The molecule has 0 spiro atoms. The van der Waals surface area contributed by atoms with E-state index in [0.717, 1.165) is 0 Å². The number of anilines is 2. The van der Waals surface area contributed by atoms with Crippen LogP contribution in [0.3, 0.4) is 0 Å². The van der Waals surface area contributed by atoms with E-state index in [1.165, 1.54) is 23.4 Å². The van der Waals surface area contributed by atoms with Crippen molar-refractivity contribution in [1.29, 1.82) is 0 Å². The highest BCUT2D eigenvalue weighted by Crippen LogP contribution is 2.34. The number of hydrogen-bond acceptors (Lipinski definition) is 11. The first-order valence-corrected chi connectivity index (χ1v) is 10.4. The molecule has 5 rings (SSSR count). The summed E-state index contributed by atoms with van der Waals surface area (Å²) in [7, 11) is 1.63. The third-order valence-electron chi connectivity index (χ3n) is 5.47. The number of pyridine rings is 1. The van der Waals surface area contributed by atoms with Crippen LogP contribution in [0.4, 0.5) is 11.9 Å². The van der Waals surface area contributed by atoms with Crippen molar-refractivity contribution >= 4 is 17.8 Å². The molecule has 4 aromatic rings. The second kappa shape index (κ2) is 8.57. The fourth-order valence-electron chi connectivity index (χ4n) is 3.56. The highest BCUT2D eigenvalue weighted by molar-refractivity contribution is 5.87. The van der Waals surface area contributed by atoms with E-state index in [2.05, 4.69) is 35.4 Å². The van der Waals surface area contributed by atoms with Gasteiger partial charge in [0.2, 0.25) is 17.5 Å². The third-order valence-corrected chi connectivity index (χ3v) is 5.47. The highest BCUT2D eigenvalue weighted by atomic mass is 16.5. The Bertz CT molecular complexity index is 1340. The van der Waals surface area contributed by atoms with Gasteiger partial charge < -0.3 is 19.6 Å². The second-order valence-electron chi connectivity index (χ2n) is 7.78. The fourth-order valence-corrected chi connectivity index (χ4v) is 3.56. The number of carbonyl (C=O) groups excluding carboxylic acids is 1. The molecule has 12 nitrogen and oxygen atoms in total. The number of nitrogens with zero attached hydrogens (tertiary/aromatic N) is 7. The largest absolute Gasteiger partial charge is 0.392 e. The van der Waals surface area contributed by atoms with Gasteiger partial charge >= 0.3 is 0 Å². The monoisotopic (exact) mass is 460 g/mol. The van der Waals surface area contributed by atoms with Crippen LogP contribution in [0, 0.1) is 0 Å². The maximum atomic E-state index is 12.3. The van der Waals surface area contributed by atoms with Crippen molar-refractivity contribution in [2.75, 3.05) is 18.9 Å². The first-order valence-electron chi connectivity index (χ1n) is 10.4. The predicted octanol–water partition coefficient (Wildman–Crippen LogP) is 1.27. The molecule has 172 valence electrons. The van der Waals surface area contributed by atoms with Gasteiger partial charge in [-0.05, 0) is 18.2 Å². The van der Waals surface area contributed by atoms with Crippen LogP contribution in [0.5, 0.6) is 0 Å². The fraction of sp³-hybridized carbons (Fsp3) is 0.227. The smallest absolute Gasteiger partial charge is 0.262 e. The molecule has 1 saturated heterocycles. The lowest BCUT2D eigenvalue weighted by Gasteiger charge is -2.16. The molecular formula is C22H20N8O4. The number of nitrogens with one attached hydrogen (secondary N) is 1. The predicted molar refractivity (Wildman–Crippen MR) is 118 cm³/mol. The highest BCUT2D eigenvalue weighted by Gasteiger charge is 2.48. The molecule has 1 fully saturated rings. The van der Waals surface area contributed by atoms with Crippen molar-refractivity contribution in [2.24, 2.45) is 0 Å². The van der Waals surface area contributed by atoms with Crippen molar-refractivity contribution in [3.63, 3.8) is 0 Å². The number of rotatable bonds is 6. The van der Waals surface area contributed by atoms with Gasteiger partial charge in [0.05, 0.1) is 23.7 Å². The van der Waals surface area contributed by atoms with Crippen molar-refractivity contribution < 1.29 is 19.5 Å².